The molecule has 170 valence electrons. The predicted octanol–water partition coefficient (Wildman–Crippen LogP) is 4.60. The smallest absolute Gasteiger partial charge is 0.337 e. The largest absolute Gasteiger partial charge is 0.465 e. The molecule has 3 rings (SSSR count). The van der Waals surface area contributed by atoms with E-state index in [9.17, 15) is 19.2 Å². The fourth-order valence-corrected chi connectivity index (χ4v) is 2.66. The number of esters is 1. The van der Waals surface area contributed by atoms with Gasteiger partial charge in [-0.15, -0.1) is 0 Å². The molecule has 0 aliphatic heterocycles. The number of nitrogens with one attached hydrogen (secondary N) is 2. The number of amides is 2. The highest BCUT2D eigenvalue weighted by molar-refractivity contribution is 6.06. The molecular formula is C25H25N3O5. The molecule has 2 aromatic carbocycles. The minimum Gasteiger partial charge on any atom is -0.465 e. The number of Topliss-reactive ketones (excluding diaryl/α,β-unsaturated/α-hetero) is 1. The number of carbonyl (C=O) groups excluding carboxylic acids is 4. The van der Waals surface area contributed by atoms with Crippen LogP contribution >= 0.6 is 0 Å². The molecule has 1 heterocycles. The minimum atomic E-state index is -0.469. The summed E-state index contributed by atoms with van der Waals surface area (Å²) in [5.74, 6) is -1.38. The number of hydrogen-bond acceptors (Lipinski definition) is 6. The van der Waals surface area contributed by atoms with Gasteiger partial charge in [0.1, 0.15) is 5.69 Å². The van der Waals surface area contributed by atoms with E-state index in [-0.39, 0.29) is 17.0 Å². The highest BCUT2D eigenvalue weighted by atomic mass is 16.5. The van der Waals surface area contributed by atoms with Crippen molar-refractivity contribution in [3.63, 3.8) is 0 Å². The first kappa shape index (κ1) is 24.9. The molecule has 2 N–H and O–H groups in total. The van der Waals surface area contributed by atoms with Crippen molar-refractivity contribution in [2.24, 2.45) is 0 Å². The van der Waals surface area contributed by atoms with Gasteiger partial charge >= 0.3 is 5.97 Å². The zero-order valence-corrected chi connectivity index (χ0v) is 18.8. The van der Waals surface area contributed by atoms with E-state index in [1.165, 1.54) is 44.5 Å². The average molecular weight is 447 g/mol. The van der Waals surface area contributed by atoms with Crippen LogP contribution in [-0.2, 0) is 4.74 Å². The van der Waals surface area contributed by atoms with Crippen molar-refractivity contribution in [1.82, 2.24) is 4.98 Å². The van der Waals surface area contributed by atoms with E-state index in [2.05, 4.69) is 20.4 Å². The van der Waals surface area contributed by atoms with Crippen LogP contribution in [0.2, 0.25) is 0 Å². The molecule has 0 radical (unpaired) electrons. The van der Waals surface area contributed by atoms with E-state index in [1.807, 2.05) is 13.8 Å². The standard InChI is InChI=1S/C23H19N3O5.C2H6/c1-14(27)15-3-8-18(9-4-15)25-21(28)17-7-12-20(24-13-17)22(29)26-19-10-5-16(6-11-19)23(30)31-2;1-2/h3-13H,1-2H3,(H,25,28)(H,26,29);1-2H3. The lowest BCUT2D eigenvalue weighted by Gasteiger charge is -2.08. The number of methoxy groups -OCH3 is 1. The van der Waals surface area contributed by atoms with Crippen molar-refractivity contribution in [3.8, 4) is 0 Å². The van der Waals surface area contributed by atoms with Crippen molar-refractivity contribution in [1.29, 1.82) is 0 Å². The van der Waals surface area contributed by atoms with Gasteiger partial charge in [0.15, 0.2) is 5.78 Å². The van der Waals surface area contributed by atoms with Gasteiger partial charge in [0.2, 0.25) is 0 Å². The summed E-state index contributed by atoms with van der Waals surface area (Å²) in [5, 5.41) is 5.37. The molecule has 3 aromatic rings. The number of benzene rings is 2. The number of anilines is 2. The molecular weight excluding hydrogens is 422 g/mol. The SMILES string of the molecule is CC.COC(=O)c1ccc(NC(=O)c2ccc(C(=O)Nc3ccc(C(C)=O)cc3)cn2)cc1. The van der Waals surface area contributed by atoms with Gasteiger partial charge < -0.3 is 15.4 Å². The number of ketones is 1. The fraction of sp³-hybridized carbons (Fsp3) is 0.160. The van der Waals surface area contributed by atoms with Crippen LogP contribution < -0.4 is 10.6 Å². The second-order valence-electron chi connectivity index (χ2n) is 6.54. The summed E-state index contributed by atoms with van der Waals surface area (Å²) in [6.45, 7) is 5.47. The van der Waals surface area contributed by atoms with Gasteiger partial charge in [-0.3, -0.25) is 19.4 Å². The Bertz CT molecular complexity index is 1120. The van der Waals surface area contributed by atoms with E-state index in [0.717, 1.165) is 0 Å². The van der Waals surface area contributed by atoms with E-state index in [0.29, 0.717) is 22.5 Å². The summed E-state index contributed by atoms with van der Waals surface area (Å²) < 4.78 is 4.63. The van der Waals surface area contributed by atoms with Crippen molar-refractivity contribution >= 4 is 34.9 Å². The molecule has 8 nitrogen and oxygen atoms in total. The van der Waals surface area contributed by atoms with Crippen LogP contribution in [0.4, 0.5) is 11.4 Å². The van der Waals surface area contributed by atoms with E-state index in [1.54, 1.807) is 36.4 Å². The zero-order valence-electron chi connectivity index (χ0n) is 18.8. The molecule has 33 heavy (non-hydrogen) atoms. The summed E-state index contributed by atoms with van der Waals surface area (Å²) in [6, 6.07) is 15.7. The van der Waals surface area contributed by atoms with Crippen molar-refractivity contribution < 1.29 is 23.9 Å². The Hall–Kier alpha value is -4.33. The van der Waals surface area contributed by atoms with Crippen LogP contribution in [0.3, 0.4) is 0 Å². The van der Waals surface area contributed by atoms with E-state index < -0.39 is 17.8 Å². The maximum absolute atomic E-state index is 12.4. The van der Waals surface area contributed by atoms with E-state index in [4.69, 9.17) is 0 Å². The highest BCUT2D eigenvalue weighted by Gasteiger charge is 2.12. The summed E-state index contributed by atoms with van der Waals surface area (Å²) in [5.41, 5.74) is 2.33. The second kappa shape index (κ2) is 11.9. The molecule has 8 heteroatoms. The first-order valence-electron chi connectivity index (χ1n) is 10.3. The molecule has 0 aliphatic rings. The maximum Gasteiger partial charge on any atom is 0.337 e. The lowest BCUT2D eigenvalue weighted by atomic mass is 10.1. The third kappa shape index (κ3) is 6.83. The summed E-state index contributed by atoms with van der Waals surface area (Å²) in [7, 11) is 1.29. The third-order valence-electron chi connectivity index (χ3n) is 4.37. The Balaban J connectivity index is 0.00000187. The first-order valence-corrected chi connectivity index (χ1v) is 10.3. The number of ether oxygens (including phenoxy) is 1. The van der Waals surface area contributed by atoms with Crippen LogP contribution in [0.15, 0.2) is 66.9 Å². The Labute approximate surface area is 192 Å². The predicted molar refractivity (Wildman–Crippen MR) is 126 cm³/mol. The lowest BCUT2D eigenvalue weighted by molar-refractivity contribution is 0.0600. The van der Waals surface area contributed by atoms with Crippen LogP contribution in [-0.4, -0.2) is 35.7 Å². The Morgan fingerprint density at radius 1 is 0.697 bits per heavy atom. The number of aromatic nitrogens is 1. The third-order valence-corrected chi connectivity index (χ3v) is 4.37. The Morgan fingerprint density at radius 3 is 1.64 bits per heavy atom. The van der Waals surface area contributed by atoms with Crippen LogP contribution in [0.25, 0.3) is 0 Å². The topological polar surface area (TPSA) is 114 Å². The molecule has 0 saturated carbocycles. The molecule has 0 atom stereocenters. The Morgan fingerprint density at radius 2 is 1.18 bits per heavy atom. The number of pyridine rings is 1. The van der Waals surface area contributed by atoms with Crippen LogP contribution in [0.1, 0.15) is 62.3 Å². The second-order valence-corrected chi connectivity index (χ2v) is 6.54. The van der Waals surface area contributed by atoms with Crippen molar-refractivity contribution in [3.05, 3.63) is 89.2 Å². The van der Waals surface area contributed by atoms with Gasteiger partial charge in [-0.1, -0.05) is 13.8 Å². The van der Waals surface area contributed by atoms with Gasteiger partial charge in [0.25, 0.3) is 11.8 Å². The normalized spacial score (nSPS) is 9.70. The van der Waals surface area contributed by atoms with Gasteiger partial charge in [0.05, 0.1) is 18.2 Å². The molecule has 0 spiro atoms. The maximum atomic E-state index is 12.4. The van der Waals surface area contributed by atoms with Crippen LogP contribution in [0.5, 0.6) is 0 Å². The number of hydrogen-bond donors (Lipinski definition) is 2. The van der Waals surface area contributed by atoms with Crippen molar-refractivity contribution in [2.45, 2.75) is 20.8 Å². The van der Waals surface area contributed by atoms with Crippen LogP contribution in [0, 0.1) is 0 Å². The van der Waals surface area contributed by atoms with Crippen molar-refractivity contribution in [2.75, 3.05) is 17.7 Å². The molecule has 0 unspecified atom stereocenters. The monoisotopic (exact) mass is 447 g/mol. The summed E-state index contributed by atoms with van der Waals surface area (Å²) >= 11 is 0. The molecule has 2 amide bonds. The summed E-state index contributed by atoms with van der Waals surface area (Å²) in [4.78, 5) is 51.5. The average Bonchev–Trinajstić information content (AvgIpc) is 2.85. The van der Waals surface area contributed by atoms with Gasteiger partial charge in [-0.2, -0.15) is 0 Å². The van der Waals surface area contributed by atoms with Gasteiger partial charge in [-0.05, 0) is 67.6 Å². The lowest BCUT2D eigenvalue weighted by Crippen LogP contribution is -2.16. The molecule has 0 saturated heterocycles. The number of rotatable bonds is 6. The first-order chi connectivity index (χ1) is 15.9. The highest BCUT2D eigenvalue weighted by Crippen LogP contribution is 2.14. The zero-order chi connectivity index (χ0) is 24.4. The molecule has 0 aliphatic carbocycles. The van der Waals surface area contributed by atoms with E-state index >= 15 is 0 Å². The number of carbonyl (C=O) groups is 4. The summed E-state index contributed by atoms with van der Waals surface area (Å²) in [6.07, 6.45) is 1.30. The van der Waals surface area contributed by atoms with Gasteiger partial charge in [0, 0.05) is 23.1 Å². The minimum absolute atomic E-state index is 0.0599. The number of nitrogens with zero attached hydrogens (tertiary/aromatic N) is 1. The van der Waals surface area contributed by atoms with Gasteiger partial charge in [-0.25, -0.2) is 4.79 Å². The Kier molecular flexibility index (Phi) is 8.99. The molecule has 0 bridgehead atoms. The quantitative estimate of drug-likeness (QED) is 0.422. The molecule has 0 fully saturated rings. The molecule has 1 aromatic heterocycles. The fourth-order valence-electron chi connectivity index (χ4n) is 2.66.